The first-order chi connectivity index (χ1) is 11.0. The average Bonchev–Trinajstić information content (AvgIpc) is 2.53. The van der Waals surface area contributed by atoms with E-state index < -0.39 is 0 Å². The van der Waals surface area contributed by atoms with Crippen molar-refractivity contribution in [3.8, 4) is 0 Å². The van der Waals surface area contributed by atoms with Crippen molar-refractivity contribution in [1.29, 1.82) is 0 Å². The van der Waals surface area contributed by atoms with Crippen LogP contribution in [0.4, 0.5) is 5.69 Å². The lowest BCUT2D eigenvalue weighted by molar-refractivity contribution is -0.928. The van der Waals surface area contributed by atoms with Gasteiger partial charge in [0.1, 0.15) is 25.3 Å². The van der Waals surface area contributed by atoms with Gasteiger partial charge in [0, 0.05) is 5.69 Å². The number of amides is 1. The third-order valence-electron chi connectivity index (χ3n) is 4.59. The van der Waals surface area contributed by atoms with Crippen LogP contribution in [0.5, 0.6) is 0 Å². The summed E-state index contributed by atoms with van der Waals surface area (Å²) in [6, 6.07) is 14.1. The van der Waals surface area contributed by atoms with Crippen LogP contribution < -0.4 is 10.2 Å². The molecule has 1 aliphatic rings. The van der Waals surface area contributed by atoms with Gasteiger partial charge in [-0.3, -0.25) is 4.79 Å². The number of hydrogen-bond donors (Lipinski definition) is 2. The summed E-state index contributed by atoms with van der Waals surface area (Å²) in [5, 5.41) is 5.38. The summed E-state index contributed by atoms with van der Waals surface area (Å²) >= 11 is 0. The van der Waals surface area contributed by atoms with Crippen molar-refractivity contribution < 1.29 is 14.4 Å². The van der Waals surface area contributed by atoms with Crippen LogP contribution in [0, 0.1) is 0 Å². The standard InChI is InChI=1S/C19H24N2O2/c1-13-11-21(12-14(2)23-13)15(3)19(22)20-18-9-8-16-6-4-5-7-17(16)10-18/h4-10,13-15H,11-12H2,1-3H3,(H,20,22)/p+1/t13-,14+,15-/m0/s1. The van der Waals surface area contributed by atoms with Crippen molar-refractivity contribution in [1.82, 2.24) is 0 Å². The molecular formula is C19H25N2O2+. The zero-order valence-electron chi connectivity index (χ0n) is 14.0. The van der Waals surface area contributed by atoms with Gasteiger partial charge < -0.3 is 15.0 Å². The van der Waals surface area contributed by atoms with Gasteiger partial charge in [-0.05, 0) is 43.7 Å². The van der Waals surface area contributed by atoms with Gasteiger partial charge in [0.05, 0.1) is 0 Å². The van der Waals surface area contributed by atoms with Crippen LogP contribution in [0.1, 0.15) is 20.8 Å². The summed E-state index contributed by atoms with van der Waals surface area (Å²) in [6.07, 6.45) is 0.398. The van der Waals surface area contributed by atoms with E-state index >= 15 is 0 Å². The number of rotatable bonds is 3. The minimum absolute atomic E-state index is 0.0663. The number of benzene rings is 2. The highest BCUT2D eigenvalue weighted by molar-refractivity contribution is 5.96. The minimum atomic E-state index is -0.0877. The smallest absolute Gasteiger partial charge is 0.282 e. The Bertz CT molecular complexity index is 691. The molecule has 23 heavy (non-hydrogen) atoms. The van der Waals surface area contributed by atoms with Crippen LogP contribution in [-0.4, -0.2) is 37.2 Å². The number of carbonyl (C=O) groups is 1. The van der Waals surface area contributed by atoms with Gasteiger partial charge in [0.2, 0.25) is 0 Å². The Morgan fingerprint density at radius 3 is 2.48 bits per heavy atom. The molecule has 1 saturated heterocycles. The number of quaternary nitrogens is 1. The van der Waals surface area contributed by atoms with E-state index in [9.17, 15) is 4.79 Å². The molecule has 4 heteroatoms. The monoisotopic (exact) mass is 313 g/mol. The normalized spacial score (nSPS) is 26.0. The fourth-order valence-electron chi connectivity index (χ4n) is 3.37. The third kappa shape index (κ3) is 3.71. The lowest BCUT2D eigenvalue weighted by atomic mass is 10.1. The summed E-state index contributed by atoms with van der Waals surface area (Å²) in [6.45, 7) is 7.89. The number of nitrogens with one attached hydrogen (secondary N) is 2. The van der Waals surface area contributed by atoms with Crippen molar-refractivity contribution >= 4 is 22.4 Å². The summed E-state index contributed by atoms with van der Waals surface area (Å²) in [5.74, 6) is 0.0663. The molecule has 4 nitrogen and oxygen atoms in total. The Balaban J connectivity index is 1.69. The zero-order chi connectivity index (χ0) is 16.4. The molecule has 2 aromatic carbocycles. The number of morpholine rings is 1. The summed E-state index contributed by atoms with van der Waals surface area (Å²) in [7, 11) is 0. The quantitative estimate of drug-likeness (QED) is 0.908. The molecule has 0 aliphatic carbocycles. The first kappa shape index (κ1) is 16.0. The fraction of sp³-hybridized carbons (Fsp3) is 0.421. The third-order valence-corrected chi connectivity index (χ3v) is 4.59. The molecule has 0 bridgehead atoms. The maximum Gasteiger partial charge on any atom is 0.282 e. The second-order valence-electron chi connectivity index (χ2n) is 6.60. The molecule has 1 fully saturated rings. The van der Waals surface area contributed by atoms with Crippen molar-refractivity contribution in [2.75, 3.05) is 18.4 Å². The van der Waals surface area contributed by atoms with Crippen LogP contribution >= 0.6 is 0 Å². The molecule has 0 radical (unpaired) electrons. The molecule has 4 atom stereocenters. The fourth-order valence-corrected chi connectivity index (χ4v) is 3.37. The Labute approximate surface area is 137 Å². The van der Waals surface area contributed by atoms with Crippen molar-refractivity contribution in [3.63, 3.8) is 0 Å². The van der Waals surface area contributed by atoms with Gasteiger partial charge in [-0.25, -0.2) is 0 Å². The summed E-state index contributed by atoms with van der Waals surface area (Å²) < 4.78 is 5.76. The van der Waals surface area contributed by atoms with Crippen LogP contribution in [0.25, 0.3) is 10.8 Å². The van der Waals surface area contributed by atoms with E-state index in [0.717, 1.165) is 24.2 Å². The maximum absolute atomic E-state index is 12.6. The van der Waals surface area contributed by atoms with Crippen LogP contribution in [0.2, 0.25) is 0 Å². The molecular weight excluding hydrogens is 288 g/mol. The molecule has 3 rings (SSSR count). The van der Waals surface area contributed by atoms with E-state index in [1.807, 2.05) is 37.3 Å². The highest BCUT2D eigenvalue weighted by atomic mass is 16.5. The molecule has 122 valence electrons. The Morgan fingerprint density at radius 2 is 1.78 bits per heavy atom. The molecule has 2 N–H and O–H groups in total. The van der Waals surface area contributed by atoms with E-state index in [2.05, 4.69) is 31.3 Å². The van der Waals surface area contributed by atoms with E-state index in [-0.39, 0.29) is 24.2 Å². The molecule has 1 aliphatic heterocycles. The summed E-state index contributed by atoms with van der Waals surface area (Å²) in [4.78, 5) is 13.9. The van der Waals surface area contributed by atoms with Gasteiger partial charge in [-0.15, -0.1) is 0 Å². The molecule has 1 heterocycles. The summed E-state index contributed by atoms with van der Waals surface area (Å²) in [5.41, 5.74) is 0.856. The zero-order valence-corrected chi connectivity index (χ0v) is 14.0. The lowest BCUT2D eigenvalue weighted by Crippen LogP contribution is -3.19. The first-order valence-electron chi connectivity index (χ1n) is 8.32. The van der Waals surface area contributed by atoms with Gasteiger partial charge in [-0.1, -0.05) is 30.3 Å². The lowest BCUT2D eigenvalue weighted by Gasteiger charge is -2.35. The predicted molar refractivity (Wildman–Crippen MR) is 92.7 cm³/mol. The SMILES string of the molecule is C[C@@H]1C[NH+]([C@@H](C)C(=O)Nc2ccc3ccccc3c2)C[C@H](C)O1. The number of carbonyl (C=O) groups excluding carboxylic acids is 1. The van der Waals surface area contributed by atoms with Gasteiger partial charge in [0.25, 0.3) is 5.91 Å². The topological polar surface area (TPSA) is 42.8 Å². The maximum atomic E-state index is 12.6. The molecule has 0 aromatic heterocycles. The van der Waals surface area contributed by atoms with Gasteiger partial charge in [0.15, 0.2) is 6.04 Å². The number of hydrogen-bond acceptors (Lipinski definition) is 2. The number of ether oxygens (including phenoxy) is 1. The van der Waals surface area contributed by atoms with E-state index in [0.29, 0.717) is 0 Å². The van der Waals surface area contributed by atoms with Crippen LogP contribution in [-0.2, 0) is 9.53 Å². The van der Waals surface area contributed by atoms with Crippen molar-refractivity contribution in [2.24, 2.45) is 0 Å². The second-order valence-corrected chi connectivity index (χ2v) is 6.60. The molecule has 0 saturated carbocycles. The highest BCUT2D eigenvalue weighted by Gasteiger charge is 2.32. The number of fused-ring (bicyclic) bond motifs is 1. The molecule has 1 amide bonds. The van der Waals surface area contributed by atoms with Crippen molar-refractivity contribution in [3.05, 3.63) is 42.5 Å². The molecule has 2 aromatic rings. The predicted octanol–water partition coefficient (Wildman–Crippen LogP) is 1.86. The Hall–Kier alpha value is -1.91. The largest absolute Gasteiger partial charge is 0.364 e. The van der Waals surface area contributed by atoms with Crippen LogP contribution in [0.3, 0.4) is 0 Å². The Morgan fingerprint density at radius 1 is 1.13 bits per heavy atom. The van der Waals surface area contributed by atoms with E-state index in [4.69, 9.17) is 4.74 Å². The van der Waals surface area contributed by atoms with E-state index in [1.54, 1.807) is 0 Å². The minimum Gasteiger partial charge on any atom is -0.364 e. The van der Waals surface area contributed by atoms with Crippen molar-refractivity contribution in [2.45, 2.75) is 39.0 Å². The second kappa shape index (κ2) is 6.69. The molecule has 0 spiro atoms. The van der Waals surface area contributed by atoms with Gasteiger partial charge in [-0.2, -0.15) is 0 Å². The highest BCUT2D eigenvalue weighted by Crippen LogP contribution is 2.18. The first-order valence-corrected chi connectivity index (χ1v) is 8.32. The Kier molecular flexibility index (Phi) is 4.64. The van der Waals surface area contributed by atoms with Crippen LogP contribution in [0.15, 0.2) is 42.5 Å². The molecule has 1 unspecified atom stereocenters. The number of anilines is 1. The average molecular weight is 313 g/mol. The van der Waals surface area contributed by atoms with E-state index in [1.165, 1.54) is 10.3 Å². The van der Waals surface area contributed by atoms with Gasteiger partial charge >= 0.3 is 0 Å².